The number of carbonyl (C=O) groups excluding carboxylic acids is 1. The van der Waals surface area contributed by atoms with E-state index in [9.17, 15) is 10.1 Å². The lowest BCUT2D eigenvalue weighted by Crippen LogP contribution is -2.24. The molecule has 0 fully saturated rings. The van der Waals surface area contributed by atoms with Gasteiger partial charge in [-0.3, -0.25) is 4.79 Å². The van der Waals surface area contributed by atoms with Crippen molar-refractivity contribution in [2.75, 3.05) is 5.32 Å². The van der Waals surface area contributed by atoms with Gasteiger partial charge in [0.15, 0.2) is 0 Å². The van der Waals surface area contributed by atoms with Crippen LogP contribution in [0.1, 0.15) is 59.7 Å². The Morgan fingerprint density at radius 2 is 2.03 bits per heavy atom. The van der Waals surface area contributed by atoms with Gasteiger partial charge in [0.05, 0.1) is 10.8 Å². The van der Waals surface area contributed by atoms with Gasteiger partial charge < -0.3 is 5.32 Å². The molecule has 0 aliphatic heterocycles. The highest BCUT2D eigenvalue weighted by Gasteiger charge is 2.25. The molecule has 0 spiro atoms. The average Bonchev–Trinajstić information content (AvgIpc) is 2.84. The molecular weight excluding hydrogens is 426 g/mol. The van der Waals surface area contributed by atoms with Crippen molar-refractivity contribution in [3.05, 3.63) is 88.1 Å². The summed E-state index contributed by atoms with van der Waals surface area (Å²) in [5.74, 6) is 0.383. The van der Waals surface area contributed by atoms with Gasteiger partial charge >= 0.3 is 0 Å². The van der Waals surface area contributed by atoms with Crippen LogP contribution in [0.2, 0.25) is 0 Å². The number of amides is 1. The molecule has 4 rings (SSSR count). The molecule has 1 N–H and O–H groups in total. The zero-order valence-electron chi connectivity index (χ0n) is 19.4. The quantitative estimate of drug-likeness (QED) is 0.448. The van der Waals surface area contributed by atoms with Crippen molar-refractivity contribution in [3.63, 3.8) is 0 Å². The van der Waals surface area contributed by atoms with Crippen LogP contribution in [0, 0.1) is 18.3 Å². The molecule has 1 aromatic heterocycles. The van der Waals surface area contributed by atoms with Crippen LogP contribution in [0.15, 0.2) is 59.6 Å². The summed E-state index contributed by atoms with van der Waals surface area (Å²) in [6, 6.07) is 20.9. The molecule has 2 aromatic carbocycles. The summed E-state index contributed by atoms with van der Waals surface area (Å²) >= 11 is 1.37. The van der Waals surface area contributed by atoms with Crippen LogP contribution in [0.5, 0.6) is 0 Å². The maximum Gasteiger partial charge on any atom is 0.237 e. The Hall–Kier alpha value is -3.10. The fourth-order valence-corrected chi connectivity index (χ4v) is 5.37. The van der Waals surface area contributed by atoms with Gasteiger partial charge in [-0.1, -0.05) is 67.2 Å². The van der Waals surface area contributed by atoms with E-state index in [1.54, 1.807) is 0 Å². The number of thioether (sulfide) groups is 1. The Morgan fingerprint density at radius 3 is 2.76 bits per heavy atom. The minimum absolute atomic E-state index is 0.0726. The van der Waals surface area contributed by atoms with Gasteiger partial charge in [0.2, 0.25) is 5.91 Å². The Balaban J connectivity index is 1.51. The van der Waals surface area contributed by atoms with E-state index >= 15 is 0 Å². The second-order valence-electron chi connectivity index (χ2n) is 8.62. The normalized spacial score (nSPS) is 15.9. The van der Waals surface area contributed by atoms with Crippen LogP contribution in [-0.2, 0) is 24.1 Å². The second-order valence-corrected chi connectivity index (χ2v) is 9.95. The number of benzene rings is 2. The van der Waals surface area contributed by atoms with Crippen molar-refractivity contribution in [1.29, 1.82) is 5.26 Å². The minimum atomic E-state index is -0.368. The van der Waals surface area contributed by atoms with E-state index in [1.807, 2.05) is 44.2 Å². The first-order valence-electron chi connectivity index (χ1n) is 11.5. The molecule has 0 saturated carbocycles. The van der Waals surface area contributed by atoms with Gasteiger partial charge in [-0.25, -0.2) is 4.98 Å². The molecule has 1 amide bonds. The number of nitrogens with zero attached hydrogens (tertiary/aromatic N) is 2. The number of carbonyl (C=O) groups is 1. The minimum Gasteiger partial charge on any atom is -0.325 e. The van der Waals surface area contributed by atoms with E-state index in [1.165, 1.54) is 17.3 Å². The van der Waals surface area contributed by atoms with Gasteiger partial charge in [-0.2, -0.15) is 5.26 Å². The molecule has 0 saturated heterocycles. The van der Waals surface area contributed by atoms with Crippen LogP contribution < -0.4 is 5.32 Å². The molecule has 1 aliphatic rings. The Morgan fingerprint density at radius 1 is 1.24 bits per heavy atom. The first-order chi connectivity index (χ1) is 16.0. The topological polar surface area (TPSA) is 65.8 Å². The van der Waals surface area contributed by atoms with E-state index in [0.29, 0.717) is 16.5 Å². The molecule has 2 atom stereocenters. The highest BCUT2D eigenvalue weighted by Crippen LogP contribution is 2.35. The number of para-hydroxylation sites is 1. The maximum atomic E-state index is 13.0. The summed E-state index contributed by atoms with van der Waals surface area (Å²) in [6.45, 7) is 5.97. The number of pyridine rings is 1. The van der Waals surface area contributed by atoms with Gasteiger partial charge in [-0.05, 0) is 73.8 Å². The standard InChI is InChI=1S/C28H29N3OS/c1-4-20-12-8-9-18(2)26(20)31-27(32)19(3)33-28-24(17-29)16-23-15-22(13-14-25(23)30-28)21-10-6-5-7-11-21/h5-12,16,19,22H,4,13-15H2,1-3H3,(H,31,32). The third-order valence-electron chi connectivity index (χ3n) is 6.39. The number of rotatable bonds is 6. The van der Waals surface area contributed by atoms with Gasteiger partial charge in [0.25, 0.3) is 0 Å². The van der Waals surface area contributed by atoms with E-state index in [2.05, 4.69) is 42.6 Å². The van der Waals surface area contributed by atoms with Crippen LogP contribution in [0.3, 0.4) is 0 Å². The molecular formula is C28H29N3OS. The number of aromatic nitrogens is 1. The number of anilines is 1. The number of fused-ring (bicyclic) bond motifs is 1. The maximum absolute atomic E-state index is 13.0. The molecule has 1 aliphatic carbocycles. The molecule has 0 bridgehead atoms. The highest BCUT2D eigenvalue weighted by atomic mass is 32.2. The molecule has 1 heterocycles. The Kier molecular flexibility index (Phi) is 7.15. The van der Waals surface area contributed by atoms with E-state index in [0.717, 1.165) is 53.8 Å². The summed E-state index contributed by atoms with van der Waals surface area (Å²) in [7, 11) is 0. The fourth-order valence-electron chi connectivity index (χ4n) is 4.47. The van der Waals surface area contributed by atoms with Crippen molar-refractivity contribution in [1.82, 2.24) is 4.98 Å². The number of hydrogen-bond acceptors (Lipinski definition) is 4. The Bertz CT molecular complexity index is 1200. The largest absolute Gasteiger partial charge is 0.325 e. The van der Waals surface area contributed by atoms with Gasteiger partial charge in [0, 0.05) is 11.4 Å². The Labute approximate surface area is 200 Å². The number of aryl methyl sites for hydroxylation is 3. The summed E-state index contributed by atoms with van der Waals surface area (Å²) in [6.07, 6.45) is 3.68. The molecule has 2 unspecified atom stereocenters. The predicted octanol–water partition coefficient (Wildman–Crippen LogP) is 6.22. The van der Waals surface area contributed by atoms with E-state index in [-0.39, 0.29) is 11.2 Å². The third kappa shape index (κ3) is 5.12. The number of hydrogen-bond donors (Lipinski definition) is 1. The lowest BCUT2D eigenvalue weighted by Gasteiger charge is -2.25. The third-order valence-corrected chi connectivity index (χ3v) is 7.49. The van der Waals surface area contributed by atoms with Crippen LogP contribution in [0.4, 0.5) is 5.69 Å². The van der Waals surface area contributed by atoms with E-state index < -0.39 is 0 Å². The zero-order chi connectivity index (χ0) is 23.4. The van der Waals surface area contributed by atoms with Crippen molar-refractivity contribution >= 4 is 23.4 Å². The van der Waals surface area contributed by atoms with Gasteiger partial charge in [-0.15, -0.1) is 0 Å². The van der Waals surface area contributed by atoms with Gasteiger partial charge in [0.1, 0.15) is 11.1 Å². The second kappa shape index (κ2) is 10.2. The number of nitrogens with one attached hydrogen (secondary N) is 1. The molecule has 168 valence electrons. The molecule has 4 nitrogen and oxygen atoms in total. The first-order valence-corrected chi connectivity index (χ1v) is 12.4. The monoisotopic (exact) mass is 455 g/mol. The number of nitriles is 1. The van der Waals surface area contributed by atoms with Crippen LogP contribution in [-0.4, -0.2) is 16.1 Å². The average molecular weight is 456 g/mol. The van der Waals surface area contributed by atoms with Crippen LogP contribution >= 0.6 is 11.8 Å². The van der Waals surface area contributed by atoms with Crippen molar-refractivity contribution in [3.8, 4) is 6.07 Å². The zero-order valence-corrected chi connectivity index (χ0v) is 20.2. The SMILES string of the molecule is CCc1cccc(C)c1NC(=O)C(C)Sc1nc2c(cc1C#N)CC(c1ccccc1)CC2. The summed E-state index contributed by atoms with van der Waals surface area (Å²) in [5, 5.41) is 13.2. The predicted molar refractivity (Wildman–Crippen MR) is 135 cm³/mol. The first kappa shape index (κ1) is 23.1. The van der Waals surface area contributed by atoms with E-state index in [4.69, 9.17) is 4.98 Å². The summed E-state index contributed by atoms with van der Waals surface area (Å²) in [4.78, 5) is 17.8. The molecule has 3 aromatic rings. The lowest BCUT2D eigenvalue weighted by molar-refractivity contribution is -0.115. The highest BCUT2D eigenvalue weighted by molar-refractivity contribution is 8.00. The molecule has 5 heteroatoms. The van der Waals surface area contributed by atoms with Crippen molar-refractivity contribution in [2.24, 2.45) is 0 Å². The van der Waals surface area contributed by atoms with Crippen molar-refractivity contribution < 1.29 is 4.79 Å². The van der Waals surface area contributed by atoms with Crippen molar-refractivity contribution in [2.45, 2.75) is 62.6 Å². The van der Waals surface area contributed by atoms with Crippen LogP contribution in [0.25, 0.3) is 0 Å². The molecule has 33 heavy (non-hydrogen) atoms. The molecule has 0 radical (unpaired) electrons. The lowest BCUT2D eigenvalue weighted by atomic mass is 9.82. The smallest absolute Gasteiger partial charge is 0.237 e. The summed E-state index contributed by atoms with van der Waals surface area (Å²) in [5.41, 5.74) is 7.17. The summed E-state index contributed by atoms with van der Waals surface area (Å²) < 4.78 is 0. The fraction of sp³-hybridized carbons (Fsp3) is 0.321.